The predicted octanol–water partition coefficient (Wildman–Crippen LogP) is 2.36. The molecule has 2 N–H and O–H groups in total. The van der Waals surface area contributed by atoms with E-state index in [1.807, 2.05) is 6.07 Å². The summed E-state index contributed by atoms with van der Waals surface area (Å²) in [6, 6.07) is 9.32. The molecule has 0 heterocycles. The van der Waals surface area contributed by atoms with Crippen LogP contribution in [0.5, 0.6) is 0 Å². The molecule has 0 aliphatic heterocycles. The maximum atomic E-state index is 12.3. The monoisotopic (exact) mass is 272 g/mol. The topological polar surface area (TPSA) is 41.1 Å². The van der Waals surface area contributed by atoms with Gasteiger partial charge in [0.05, 0.1) is 5.92 Å². The molecule has 0 spiro atoms. The Hall–Kier alpha value is -1.35. The van der Waals surface area contributed by atoms with E-state index in [2.05, 4.69) is 35.8 Å². The van der Waals surface area contributed by atoms with E-state index in [0.29, 0.717) is 12.1 Å². The summed E-state index contributed by atoms with van der Waals surface area (Å²) in [5.41, 5.74) is 2.56. The van der Waals surface area contributed by atoms with Gasteiger partial charge in [0.1, 0.15) is 0 Å². The summed E-state index contributed by atoms with van der Waals surface area (Å²) in [5, 5.41) is 6.76. The van der Waals surface area contributed by atoms with E-state index < -0.39 is 0 Å². The van der Waals surface area contributed by atoms with E-state index in [9.17, 15) is 4.79 Å². The van der Waals surface area contributed by atoms with Crippen LogP contribution in [0.1, 0.15) is 49.7 Å². The van der Waals surface area contributed by atoms with Crippen molar-refractivity contribution in [2.75, 3.05) is 6.54 Å². The van der Waals surface area contributed by atoms with Gasteiger partial charge < -0.3 is 10.6 Å². The van der Waals surface area contributed by atoms with Gasteiger partial charge in [-0.15, -0.1) is 0 Å². The number of carbonyl (C=O) groups is 1. The van der Waals surface area contributed by atoms with Crippen LogP contribution in [0.15, 0.2) is 24.3 Å². The number of nitrogens with one attached hydrogen (secondary N) is 2. The Morgan fingerprint density at radius 2 is 1.85 bits per heavy atom. The average Bonchev–Trinajstić information content (AvgIpc) is 2.43. The van der Waals surface area contributed by atoms with Crippen LogP contribution in [-0.2, 0) is 11.2 Å². The van der Waals surface area contributed by atoms with Crippen molar-refractivity contribution in [3.63, 3.8) is 0 Å². The van der Waals surface area contributed by atoms with Gasteiger partial charge in [0.15, 0.2) is 0 Å². The third-order valence-corrected chi connectivity index (χ3v) is 4.74. The summed E-state index contributed by atoms with van der Waals surface area (Å²) in [5.74, 6) is 0.327. The summed E-state index contributed by atoms with van der Waals surface area (Å²) in [4.78, 5) is 12.3. The zero-order valence-corrected chi connectivity index (χ0v) is 12.2. The van der Waals surface area contributed by atoms with E-state index in [1.54, 1.807) is 0 Å². The molecule has 0 saturated heterocycles. The van der Waals surface area contributed by atoms with Crippen LogP contribution in [-0.4, -0.2) is 24.5 Å². The Balaban J connectivity index is 1.49. The van der Waals surface area contributed by atoms with Crippen molar-refractivity contribution in [1.29, 1.82) is 0 Å². The van der Waals surface area contributed by atoms with Gasteiger partial charge in [-0.05, 0) is 49.8 Å². The highest BCUT2D eigenvalue weighted by Crippen LogP contribution is 2.35. The summed E-state index contributed by atoms with van der Waals surface area (Å²) in [6.07, 6.45) is 5.49. The molecule has 3 nitrogen and oxygen atoms in total. The largest absolute Gasteiger partial charge is 0.353 e. The second kappa shape index (κ2) is 5.96. The minimum Gasteiger partial charge on any atom is -0.353 e. The van der Waals surface area contributed by atoms with Crippen LogP contribution in [0.3, 0.4) is 0 Å². The molecule has 3 heteroatoms. The molecule has 1 atom stereocenters. The fraction of sp³-hybridized carbons (Fsp3) is 0.588. The number of amides is 1. The normalized spacial score (nSPS) is 28.4. The molecule has 1 amide bonds. The zero-order valence-electron chi connectivity index (χ0n) is 12.2. The Morgan fingerprint density at radius 1 is 1.15 bits per heavy atom. The Labute approximate surface area is 121 Å². The molecule has 1 saturated carbocycles. The number of carbonyl (C=O) groups excluding carboxylic acids is 1. The van der Waals surface area contributed by atoms with Gasteiger partial charge in [0.25, 0.3) is 0 Å². The van der Waals surface area contributed by atoms with Crippen LogP contribution in [0.4, 0.5) is 0 Å². The molecule has 108 valence electrons. The summed E-state index contributed by atoms with van der Waals surface area (Å²) in [6.45, 7) is 3.20. The highest BCUT2D eigenvalue weighted by atomic mass is 16.2. The molecule has 1 aromatic rings. The maximum Gasteiger partial charge on any atom is 0.228 e. The fourth-order valence-corrected chi connectivity index (χ4v) is 3.53. The minimum absolute atomic E-state index is 0.0951. The van der Waals surface area contributed by atoms with Gasteiger partial charge in [-0.2, -0.15) is 0 Å². The molecule has 2 aliphatic carbocycles. The van der Waals surface area contributed by atoms with Crippen LogP contribution < -0.4 is 10.6 Å². The standard InChI is InChI=1S/C17H24N2O/c1-2-18-13-7-9-14(10-8-13)19-17(20)16-11-12-5-3-4-6-15(12)16/h3-6,13-14,16,18H,2,7-11H2,1H3,(H,19,20). The lowest BCUT2D eigenvalue weighted by atomic mass is 9.77. The van der Waals surface area contributed by atoms with Crippen molar-refractivity contribution in [2.45, 2.75) is 57.0 Å². The second-order valence-electron chi connectivity index (χ2n) is 6.07. The lowest BCUT2D eigenvalue weighted by molar-refractivity contribution is -0.124. The Bertz CT molecular complexity index is 478. The lowest BCUT2D eigenvalue weighted by Crippen LogP contribution is -2.45. The number of hydrogen-bond donors (Lipinski definition) is 2. The van der Waals surface area contributed by atoms with Gasteiger partial charge in [-0.1, -0.05) is 31.2 Å². The molecule has 2 aliphatic rings. The maximum absolute atomic E-state index is 12.3. The molecule has 1 aromatic carbocycles. The highest BCUT2D eigenvalue weighted by molar-refractivity contribution is 5.87. The third-order valence-electron chi connectivity index (χ3n) is 4.74. The fourth-order valence-electron chi connectivity index (χ4n) is 3.53. The van der Waals surface area contributed by atoms with Crippen molar-refractivity contribution in [2.24, 2.45) is 0 Å². The van der Waals surface area contributed by atoms with E-state index in [1.165, 1.54) is 24.0 Å². The number of fused-ring (bicyclic) bond motifs is 1. The SMILES string of the molecule is CCNC1CCC(NC(=O)C2Cc3ccccc32)CC1. The quantitative estimate of drug-likeness (QED) is 0.883. The molecule has 1 unspecified atom stereocenters. The summed E-state index contributed by atoms with van der Waals surface area (Å²) < 4.78 is 0. The van der Waals surface area contributed by atoms with Crippen LogP contribution in [0, 0.1) is 0 Å². The van der Waals surface area contributed by atoms with Crippen molar-refractivity contribution < 1.29 is 4.79 Å². The molecular formula is C17H24N2O. The van der Waals surface area contributed by atoms with E-state index >= 15 is 0 Å². The average molecular weight is 272 g/mol. The molecule has 0 aromatic heterocycles. The predicted molar refractivity (Wildman–Crippen MR) is 80.8 cm³/mol. The summed E-state index contributed by atoms with van der Waals surface area (Å²) >= 11 is 0. The first-order valence-corrected chi connectivity index (χ1v) is 7.89. The molecular weight excluding hydrogens is 248 g/mol. The van der Waals surface area contributed by atoms with E-state index in [4.69, 9.17) is 0 Å². The second-order valence-corrected chi connectivity index (χ2v) is 6.07. The highest BCUT2D eigenvalue weighted by Gasteiger charge is 2.33. The van der Waals surface area contributed by atoms with Gasteiger partial charge in [-0.3, -0.25) is 4.79 Å². The smallest absolute Gasteiger partial charge is 0.228 e. The van der Waals surface area contributed by atoms with Gasteiger partial charge in [-0.25, -0.2) is 0 Å². The molecule has 3 rings (SSSR count). The Morgan fingerprint density at radius 3 is 2.55 bits per heavy atom. The molecule has 0 radical (unpaired) electrons. The van der Waals surface area contributed by atoms with E-state index in [-0.39, 0.29) is 11.8 Å². The van der Waals surface area contributed by atoms with Crippen molar-refractivity contribution in [3.8, 4) is 0 Å². The van der Waals surface area contributed by atoms with Gasteiger partial charge in [0, 0.05) is 12.1 Å². The zero-order chi connectivity index (χ0) is 13.9. The third kappa shape index (κ3) is 2.73. The van der Waals surface area contributed by atoms with E-state index in [0.717, 1.165) is 25.8 Å². The molecule has 20 heavy (non-hydrogen) atoms. The van der Waals surface area contributed by atoms with Crippen LogP contribution in [0.2, 0.25) is 0 Å². The van der Waals surface area contributed by atoms with Gasteiger partial charge in [0.2, 0.25) is 5.91 Å². The van der Waals surface area contributed by atoms with Crippen LogP contribution >= 0.6 is 0 Å². The van der Waals surface area contributed by atoms with Crippen LogP contribution in [0.25, 0.3) is 0 Å². The first-order chi connectivity index (χ1) is 9.78. The summed E-state index contributed by atoms with van der Waals surface area (Å²) in [7, 11) is 0. The van der Waals surface area contributed by atoms with Crippen molar-refractivity contribution >= 4 is 5.91 Å². The Kier molecular flexibility index (Phi) is 4.06. The minimum atomic E-state index is 0.0951. The molecule has 1 fully saturated rings. The van der Waals surface area contributed by atoms with Crippen molar-refractivity contribution in [3.05, 3.63) is 35.4 Å². The number of hydrogen-bond acceptors (Lipinski definition) is 2. The number of benzene rings is 1. The van der Waals surface area contributed by atoms with Gasteiger partial charge >= 0.3 is 0 Å². The first-order valence-electron chi connectivity index (χ1n) is 7.89. The molecule has 0 bridgehead atoms. The first kappa shape index (κ1) is 13.6. The lowest BCUT2D eigenvalue weighted by Gasteiger charge is -2.33. The number of rotatable bonds is 4. The van der Waals surface area contributed by atoms with Crippen molar-refractivity contribution in [1.82, 2.24) is 10.6 Å².